The second-order valence-electron chi connectivity index (χ2n) is 6.88. The summed E-state index contributed by atoms with van der Waals surface area (Å²) in [6.07, 6.45) is 8.80. The van der Waals surface area contributed by atoms with Crippen LogP contribution < -0.4 is 5.32 Å². The standard InChI is InChI=1S/C15H26N2O/c1-11(2)13-16-15(8-3-4-9-15)14(18)17(13)10-12-6-5-7-12/h11-13,16H,3-10H2,1-2H3. The molecule has 0 aromatic carbocycles. The summed E-state index contributed by atoms with van der Waals surface area (Å²) >= 11 is 0. The summed E-state index contributed by atoms with van der Waals surface area (Å²) in [6, 6.07) is 0. The van der Waals surface area contributed by atoms with Crippen molar-refractivity contribution in [3.05, 3.63) is 0 Å². The molecule has 3 aliphatic rings. The van der Waals surface area contributed by atoms with Crippen LogP contribution in [0.25, 0.3) is 0 Å². The number of carbonyl (C=O) groups excluding carboxylic acids is 1. The Morgan fingerprint density at radius 3 is 2.44 bits per heavy atom. The molecule has 102 valence electrons. The van der Waals surface area contributed by atoms with Gasteiger partial charge in [0.1, 0.15) is 0 Å². The smallest absolute Gasteiger partial charge is 0.244 e. The average molecular weight is 250 g/mol. The van der Waals surface area contributed by atoms with Crippen LogP contribution in [-0.2, 0) is 4.79 Å². The fraction of sp³-hybridized carbons (Fsp3) is 0.933. The van der Waals surface area contributed by atoms with E-state index in [2.05, 4.69) is 24.1 Å². The average Bonchev–Trinajstić information content (AvgIpc) is 2.83. The first-order chi connectivity index (χ1) is 8.62. The molecule has 0 aromatic heterocycles. The number of hydrogen-bond acceptors (Lipinski definition) is 2. The monoisotopic (exact) mass is 250 g/mol. The molecule has 1 saturated heterocycles. The lowest BCUT2D eigenvalue weighted by molar-refractivity contribution is -0.134. The Hall–Kier alpha value is -0.570. The van der Waals surface area contributed by atoms with Gasteiger partial charge in [-0.3, -0.25) is 10.1 Å². The Balaban J connectivity index is 1.77. The van der Waals surface area contributed by atoms with Crippen LogP contribution in [0.2, 0.25) is 0 Å². The molecule has 3 fully saturated rings. The first-order valence-electron chi connectivity index (χ1n) is 7.71. The van der Waals surface area contributed by atoms with E-state index in [4.69, 9.17) is 0 Å². The third-order valence-corrected chi connectivity index (χ3v) is 5.20. The summed E-state index contributed by atoms with van der Waals surface area (Å²) in [4.78, 5) is 15.0. The molecule has 0 aromatic rings. The maximum atomic E-state index is 12.8. The highest BCUT2D eigenvalue weighted by Gasteiger charge is 2.53. The van der Waals surface area contributed by atoms with Crippen LogP contribution in [0.15, 0.2) is 0 Å². The van der Waals surface area contributed by atoms with Gasteiger partial charge in [-0.1, -0.05) is 33.1 Å². The summed E-state index contributed by atoms with van der Waals surface area (Å²) in [5.41, 5.74) is -0.182. The summed E-state index contributed by atoms with van der Waals surface area (Å²) < 4.78 is 0. The summed E-state index contributed by atoms with van der Waals surface area (Å²) in [7, 11) is 0. The van der Waals surface area contributed by atoms with Crippen LogP contribution in [0.4, 0.5) is 0 Å². The molecule has 3 heteroatoms. The minimum absolute atomic E-state index is 0.182. The van der Waals surface area contributed by atoms with Crippen LogP contribution in [0.3, 0.4) is 0 Å². The molecule has 3 rings (SSSR count). The third-order valence-electron chi connectivity index (χ3n) is 5.20. The Bertz CT molecular complexity index is 329. The second-order valence-corrected chi connectivity index (χ2v) is 6.88. The Labute approximate surface area is 110 Å². The number of rotatable bonds is 3. The van der Waals surface area contributed by atoms with E-state index in [1.807, 2.05) is 0 Å². The fourth-order valence-electron chi connectivity index (χ4n) is 3.84. The molecule has 2 aliphatic carbocycles. The lowest BCUT2D eigenvalue weighted by Crippen LogP contribution is -2.46. The molecule has 2 saturated carbocycles. The third kappa shape index (κ3) is 1.87. The number of hydrogen-bond donors (Lipinski definition) is 1. The molecule has 1 amide bonds. The van der Waals surface area contributed by atoms with Crippen molar-refractivity contribution in [2.45, 2.75) is 70.5 Å². The number of nitrogens with zero attached hydrogens (tertiary/aromatic N) is 1. The molecular formula is C15H26N2O. The first kappa shape index (κ1) is 12.5. The van der Waals surface area contributed by atoms with Gasteiger partial charge in [0, 0.05) is 6.54 Å². The van der Waals surface area contributed by atoms with Gasteiger partial charge in [-0.05, 0) is 37.5 Å². The topological polar surface area (TPSA) is 32.3 Å². The zero-order valence-electron chi connectivity index (χ0n) is 11.7. The summed E-state index contributed by atoms with van der Waals surface area (Å²) in [5.74, 6) is 1.69. The zero-order valence-corrected chi connectivity index (χ0v) is 11.7. The quantitative estimate of drug-likeness (QED) is 0.834. The molecule has 1 unspecified atom stereocenters. The highest BCUT2D eigenvalue weighted by Crippen LogP contribution is 2.39. The molecular weight excluding hydrogens is 224 g/mol. The van der Waals surface area contributed by atoms with E-state index in [1.54, 1.807) is 0 Å². The lowest BCUT2D eigenvalue weighted by atomic mass is 9.84. The minimum Gasteiger partial charge on any atom is -0.325 e. The normalized spacial score (nSPS) is 31.6. The highest BCUT2D eigenvalue weighted by molar-refractivity contribution is 5.89. The van der Waals surface area contributed by atoms with Crippen LogP contribution in [0, 0.1) is 11.8 Å². The van der Waals surface area contributed by atoms with Crippen molar-refractivity contribution in [1.29, 1.82) is 0 Å². The van der Waals surface area contributed by atoms with Crippen molar-refractivity contribution in [2.24, 2.45) is 11.8 Å². The Morgan fingerprint density at radius 1 is 1.28 bits per heavy atom. The Morgan fingerprint density at radius 2 is 1.94 bits per heavy atom. The van der Waals surface area contributed by atoms with Crippen molar-refractivity contribution in [3.8, 4) is 0 Å². The summed E-state index contributed by atoms with van der Waals surface area (Å²) in [5, 5.41) is 3.70. The predicted molar refractivity (Wildman–Crippen MR) is 72.0 cm³/mol. The van der Waals surface area contributed by atoms with E-state index in [0.717, 1.165) is 25.3 Å². The van der Waals surface area contributed by atoms with Crippen LogP contribution in [0.1, 0.15) is 58.8 Å². The molecule has 1 heterocycles. The first-order valence-corrected chi connectivity index (χ1v) is 7.71. The maximum absolute atomic E-state index is 12.8. The minimum atomic E-state index is -0.182. The molecule has 1 N–H and O–H groups in total. The van der Waals surface area contributed by atoms with Gasteiger partial charge in [0.05, 0.1) is 11.7 Å². The maximum Gasteiger partial charge on any atom is 0.244 e. The second kappa shape index (κ2) is 4.52. The van der Waals surface area contributed by atoms with Gasteiger partial charge >= 0.3 is 0 Å². The van der Waals surface area contributed by atoms with Crippen LogP contribution in [-0.4, -0.2) is 29.1 Å². The van der Waals surface area contributed by atoms with Gasteiger partial charge in [-0.15, -0.1) is 0 Å². The highest BCUT2D eigenvalue weighted by atomic mass is 16.2. The molecule has 3 nitrogen and oxygen atoms in total. The van der Waals surface area contributed by atoms with Gasteiger partial charge in [0.25, 0.3) is 0 Å². The van der Waals surface area contributed by atoms with Crippen molar-refractivity contribution in [3.63, 3.8) is 0 Å². The van der Waals surface area contributed by atoms with Crippen molar-refractivity contribution >= 4 is 5.91 Å². The SMILES string of the molecule is CC(C)C1NC2(CCCC2)C(=O)N1CC1CCC1. The van der Waals surface area contributed by atoms with Gasteiger partial charge in [-0.25, -0.2) is 0 Å². The van der Waals surface area contributed by atoms with Crippen molar-refractivity contribution in [1.82, 2.24) is 10.2 Å². The van der Waals surface area contributed by atoms with Gasteiger partial charge < -0.3 is 4.90 Å². The number of carbonyl (C=O) groups is 1. The van der Waals surface area contributed by atoms with Crippen molar-refractivity contribution < 1.29 is 4.79 Å². The molecule has 18 heavy (non-hydrogen) atoms. The molecule has 1 spiro atoms. The van der Waals surface area contributed by atoms with E-state index in [1.165, 1.54) is 32.1 Å². The number of nitrogens with one attached hydrogen (secondary N) is 1. The van der Waals surface area contributed by atoms with E-state index < -0.39 is 0 Å². The van der Waals surface area contributed by atoms with Crippen LogP contribution in [0.5, 0.6) is 0 Å². The lowest BCUT2D eigenvalue weighted by Gasteiger charge is -2.34. The van der Waals surface area contributed by atoms with Crippen LogP contribution >= 0.6 is 0 Å². The molecule has 1 atom stereocenters. The largest absolute Gasteiger partial charge is 0.325 e. The Kier molecular flexibility index (Phi) is 3.13. The van der Waals surface area contributed by atoms with Gasteiger partial charge in [0.15, 0.2) is 0 Å². The number of amides is 1. The molecule has 1 aliphatic heterocycles. The van der Waals surface area contributed by atoms with E-state index in [0.29, 0.717) is 11.8 Å². The van der Waals surface area contributed by atoms with Gasteiger partial charge in [0.2, 0.25) is 5.91 Å². The zero-order chi connectivity index (χ0) is 12.8. The fourth-order valence-corrected chi connectivity index (χ4v) is 3.84. The van der Waals surface area contributed by atoms with E-state index in [-0.39, 0.29) is 11.7 Å². The van der Waals surface area contributed by atoms with Gasteiger partial charge in [-0.2, -0.15) is 0 Å². The van der Waals surface area contributed by atoms with E-state index >= 15 is 0 Å². The molecule has 0 bridgehead atoms. The summed E-state index contributed by atoms with van der Waals surface area (Å²) in [6.45, 7) is 5.45. The van der Waals surface area contributed by atoms with Crippen molar-refractivity contribution in [2.75, 3.05) is 6.54 Å². The molecule has 0 radical (unpaired) electrons. The van der Waals surface area contributed by atoms with E-state index in [9.17, 15) is 4.79 Å². The predicted octanol–water partition coefficient (Wildman–Crippen LogP) is 2.51.